The smallest absolute Gasteiger partial charge is 0.121 e. The molecule has 0 unspecified atom stereocenters. The average molecular weight is 447 g/mol. The van der Waals surface area contributed by atoms with Gasteiger partial charge in [-0.15, -0.1) is 11.3 Å². The van der Waals surface area contributed by atoms with E-state index in [-0.39, 0.29) is 5.41 Å². The van der Waals surface area contributed by atoms with Crippen LogP contribution in [0.15, 0.2) is 115 Å². The van der Waals surface area contributed by atoms with Crippen molar-refractivity contribution in [2.24, 2.45) is 0 Å². The van der Waals surface area contributed by atoms with Crippen LogP contribution in [0.2, 0.25) is 0 Å². The molecule has 0 saturated heterocycles. The number of hydrogen-bond acceptors (Lipinski definition) is 2. The minimum absolute atomic E-state index is 0.0688. The molecule has 6 rings (SSSR count). The molecule has 3 heteroatoms. The summed E-state index contributed by atoms with van der Waals surface area (Å²) in [5.74, 6) is 0. The third-order valence-electron chi connectivity index (χ3n) is 7.08. The molecule has 2 heterocycles. The number of rotatable bonds is 6. The zero-order valence-corrected chi connectivity index (χ0v) is 19.5. The maximum atomic E-state index is 5.06. The fraction of sp³-hybridized carbons (Fsp3) is 0.167. The lowest BCUT2D eigenvalue weighted by Gasteiger charge is -2.37. The van der Waals surface area contributed by atoms with Crippen molar-refractivity contribution in [2.75, 3.05) is 0 Å². The molecule has 33 heavy (non-hydrogen) atoms. The highest BCUT2D eigenvalue weighted by molar-refractivity contribution is 7.10. The summed E-state index contributed by atoms with van der Waals surface area (Å²) < 4.78 is 2.34. The Bertz CT molecular complexity index is 1270. The minimum atomic E-state index is -0.504. The van der Waals surface area contributed by atoms with E-state index < -0.39 is 5.54 Å². The summed E-state index contributed by atoms with van der Waals surface area (Å²) in [7, 11) is 0. The van der Waals surface area contributed by atoms with Crippen molar-refractivity contribution in [1.29, 1.82) is 0 Å². The Labute approximate surface area is 199 Å². The lowest BCUT2D eigenvalue weighted by Crippen LogP contribution is -2.37. The summed E-state index contributed by atoms with van der Waals surface area (Å²) in [5.41, 5.74) is 5.80. The van der Waals surface area contributed by atoms with Gasteiger partial charge in [-0.1, -0.05) is 91.0 Å². The van der Waals surface area contributed by atoms with Gasteiger partial charge in [0.15, 0.2) is 0 Å². The molecular formula is C30H26N2S. The third-order valence-corrected chi connectivity index (χ3v) is 8.30. The van der Waals surface area contributed by atoms with E-state index in [1.54, 1.807) is 0 Å². The van der Waals surface area contributed by atoms with Gasteiger partial charge < -0.3 is 4.57 Å². The van der Waals surface area contributed by atoms with Gasteiger partial charge in [0, 0.05) is 16.5 Å². The largest absolute Gasteiger partial charge is 0.319 e. The minimum Gasteiger partial charge on any atom is -0.319 e. The van der Waals surface area contributed by atoms with Gasteiger partial charge in [-0.25, -0.2) is 4.98 Å². The van der Waals surface area contributed by atoms with Crippen LogP contribution in [0.1, 0.15) is 45.7 Å². The molecule has 0 aliphatic heterocycles. The van der Waals surface area contributed by atoms with Gasteiger partial charge in [0.1, 0.15) is 5.54 Å². The monoisotopic (exact) mass is 446 g/mol. The van der Waals surface area contributed by atoms with Crippen LogP contribution >= 0.6 is 11.3 Å². The summed E-state index contributed by atoms with van der Waals surface area (Å²) in [6.45, 7) is 2.23. The first-order valence-corrected chi connectivity index (χ1v) is 12.4. The Kier molecular flexibility index (Phi) is 4.81. The summed E-state index contributed by atoms with van der Waals surface area (Å²) >= 11 is 1.87. The quantitative estimate of drug-likeness (QED) is 0.253. The van der Waals surface area contributed by atoms with Gasteiger partial charge >= 0.3 is 0 Å². The van der Waals surface area contributed by atoms with Crippen LogP contribution < -0.4 is 0 Å². The number of imidazole rings is 1. The van der Waals surface area contributed by atoms with Crippen molar-refractivity contribution in [1.82, 2.24) is 9.55 Å². The first-order valence-electron chi connectivity index (χ1n) is 11.5. The highest BCUT2D eigenvalue weighted by atomic mass is 32.1. The van der Waals surface area contributed by atoms with Crippen molar-refractivity contribution < 1.29 is 0 Å². The van der Waals surface area contributed by atoms with Crippen LogP contribution in [0, 0.1) is 6.92 Å². The van der Waals surface area contributed by atoms with Gasteiger partial charge in [0.25, 0.3) is 0 Å². The summed E-state index contributed by atoms with van der Waals surface area (Å²) in [6, 6.07) is 34.7. The third kappa shape index (κ3) is 3.11. The first kappa shape index (κ1) is 20.2. The van der Waals surface area contributed by atoms with E-state index in [1.165, 1.54) is 45.7 Å². The van der Waals surface area contributed by atoms with E-state index >= 15 is 0 Å². The van der Waals surface area contributed by atoms with Crippen molar-refractivity contribution >= 4 is 11.3 Å². The topological polar surface area (TPSA) is 17.8 Å². The van der Waals surface area contributed by atoms with Crippen molar-refractivity contribution in [3.63, 3.8) is 0 Å². The molecule has 1 fully saturated rings. The molecule has 1 aliphatic rings. The maximum absolute atomic E-state index is 5.06. The molecule has 3 aromatic carbocycles. The second kappa shape index (κ2) is 7.86. The number of thiophene rings is 1. The van der Waals surface area contributed by atoms with E-state index in [1.807, 2.05) is 17.7 Å². The lowest BCUT2D eigenvalue weighted by atomic mass is 9.76. The van der Waals surface area contributed by atoms with Gasteiger partial charge in [0.2, 0.25) is 0 Å². The second-order valence-electron chi connectivity index (χ2n) is 8.99. The molecule has 1 aliphatic carbocycles. The highest BCUT2D eigenvalue weighted by Gasteiger charge is 2.50. The normalized spacial score (nSPS) is 14.8. The van der Waals surface area contributed by atoms with E-state index in [9.17, 15) is 0 Å². The molecule has 0 spiro atoms. The van der Waals surface area contributed by atoms with Crippen LogP contribution in [0.4, 0.5) is 0 Å². The zero-order chi connectivity index (χ0) is 22.3. The van der Waals surface area contributed by atoms with Gasteiger partial charge in [-0.3, -0.25) is 0 Å². The Balaban J connectivity index is 1.61. The fourth-order valence-corrected chi connectivity index (χ4v) is 6.52. The Morgan fingerprint density at radius 3 is 1.70 bits per heavy atom. The SMILES string of the molecule is Cc1ccsc1C1(c2cn(C(c3ccccc3)(c3ccccc3)c3ccccc3)cn2)CC1. The van der Waals surface area contributed by atoms with Crippen molar-refractivity contribution in [3.8, 4) is 0 Å². The lowest BCUT2D eigenvalue weighted by molar-refractivity contribution is 0.514. The van der Waals surface area contributed by atoms with E-state index in [0.717, 1.165) is 0 Å². The Morgan fingerprint density at radius 2 is 1.27 bits per heavy atom. The molecule has 162 valence electrons. The Morgan fingerprint density at radius 1 is 0.758 bits per heavy atom. The van der Waals surface area contributed by atoms with Crippen molar-refractivity contribution in [2.45, 2.75) is 30.7 Å². The summed E-state index contributed by atoms with van der Waals surface area (Å²) in [4.78, 5) is 6.53. The molecule has 1 saturated carbocycles. The molecule has 0 N–H and O–H groups in total. The molecule has 0 amide bonds. The number of nitrogens with zero attached hydrogens (tertiary/aromatic N) is 2. The second-order valence-corrected chi connectivity index (χ2v) is 9.91. The predicted octanol–water partition coefficient (Wildman–Crippen LogP) is 7.17. The van der Waals surface area contributed by atoms with Crippen molar-refractivity contribution in [3.05, 3.63) is 148 Å². The van der Waals surface area contributed by atoms with E-state index in [2.05, 4.69) is 120 Å². The average Bonchev–Trinajstić information content (AvgIpc) is 3.29. The zero-order valence-electron chi connectivity index (χ0n) is 18.7. The predicted molar refractivity (Wildman–Crippen MR) is 136 cm³/mol. The number of aryl methyl sites for hydroxylation is 1. The molecule has 0 radical (unpaired) electrons. The molecule has 0 atom stereocenters. The molecule has 0 bridgehead atoms. The molecule has 2 aromatic heterocycles. The Hall–Kier alpha value is -3.43. The fourth-order valence-electron chi connectivity index (χ4n) is 5.33. The number of hydrogen-bond donors (Lipinski definition) is 0. The molecule has 5 aromatic rings. The van der Waals surface area contributed by atoms with Gasteiger partial charge in [-0.05, 0) is 53.5 Å². The van der Waals surface area contributed by atoms with Gasteiger partial charge in [-0.2, -0.15) is 0 Å². The van der Waals surface area contributed by atoms with Crippen LogP contribution in [0.25, 0.3) is 0 Å². The summed E-state index contributed by atoms with van der Waals surface area (Å²) in [6.07, 6.45) is 6.69. The van der Waals surface area contributed by atoms with E-state index in [0.29, 0.717) is 0 Å². The van der Waals surface area contributed by atoms with Crippen LogP contribution in [-0.2, 0) is 11.0 Å². The van der Waals surface area contributed by atoms with Crippen LogP contribution in [0.5, 0.6) is 0 Å². The van der Waals surface area contributed by atoms with Crippen LogP contribution in [0.3, 0.4) is 0 Å². The molecule has 2 nitrogen and oxygen atoms in total. The number of benzene rings is 3. The number of aromatic nitrogens is 2. The van der Waals surface area contributed by atoms with Gasteiger partial charge in [0.05, 0.1) is 12.0 Å². The summed E-state index contributed by atoms with van der Waals surface area (Å²) in [5, 5.41) is 2.21. The first-order chi connectivity index (χ1) is 16.2. The standard InChI is InChI=1S/C30H26N2S/c1-23-17-20-33-28(23)29(18-19-29)27-21-32(22-31-27)30(24-11-5-2-6-12-24,25-13-7-3-8-14-25)26-15-9-4-10-16-26/h2-17,20-22H,18-19H2,1H3. The highest BCUT2D eigenvalue weighted by Crippen LogP contribution is 2.56. The molecular weight excluding hydrogens is 420 g/mol. The maximum Gasteiger partial charge on any atom is 0.121 e. The van der Waals surface area contributed by atoms with E-state index in [4.69, 9.17) is 4.98 Å². The van der Waals surface area contributed by atoms with Crippen LogP contribution in [-0.4, -0.2) is 9.55 Å².